The minimum Gasteiger partial charge on any atom is -0.364 e. The number of rotatable bonds is 3. The van der Waals surface area contributed by atoms with E-state index >= 15 is 0 Å². The van der Waals surface area contributed by atoms with Gasteiger partial charge in [0.1, 0.15) is 6.61 Å². The van der Waals surface area contributed by atoms with E-state index in [1.165, 1.54) is 12.8 Å². The Hall–Kier alpha value is -0.610. The van der Waals surface area contributed by atoms with Crippen molar-refractivity contribution < 1.29 is 9.53 Å². The zero-order chi connectivity index (χ0) is 12.8. The normalized spacial score (nSPS) is 29.9. The fourth-order valence-corrected chi connectivity index (χ4v) is 2.80. The average molecular weight is 254 g/mol. The molecule has 4 nitrogen and oxygen atoms in total. The Morgan fingerprint density at radius 2 is 1.94 bits per heavy atom. The monoisotopic (exact) mass is 254 g/mol. The van der Waals surface area contributed by atoms with E-state index < -0.39 is 0 Å². The highest BCUT2D eigenvalue weighted by Gasteiger charge is 2.29. The molecule has 2 saturated heterocycles. The van der Waals surface area contributed by atoms with Crippen LogP contribution in [0.25, 0.3) is 0 Å². The van der Waals surface area contributed by atoms with Crippen LogP contribution in [0.4, 0.5) is 0 Å². The molecule has 1 unspecified atom stereocenters. The first-order valence-corrected chi connectivity index (χ1v) is 7.32. The summed E-state index contributed by atoms with van der Waals surface area (Å²) < 4.78 is 5.87. The maximum Gasteiger partial charge on any atom is 0.248 e. The Morgan fingerprint density at radius 1 is 1.22 bits per heavy atom. The molecule has 0 radical (unpaired) electrons. The van der Waals surface area contributed by atoms with Gasteiger partial charge in [-0.1, -0.05) is 12.8 Å². The molecule has 1 N–H and O–H groups in total. The quantitative estimate of drug-likeness (QED) is 0.831. The molecule has 2 heterocycles. The molecule has 0 aromatic heterocycles. The van der Waals surface area contributed by atoms with Crippen LogP contribution >= 0.6 is 0 Å². The predicted molar refractivity (Wildman–Crippen MR) is 71.5 cm³/mol. The van der Waals surface area contributed by atoms with Gasteiger partial charge in [-0.25, -0.2) is 0 Å². The minimum absolute atomic E-state index is 0.153. The summed E-state index contributed by atoms with van der Waals surface area (Å²) in [5.41, 5.74) is -0.153. The number of hydrogen-bond donors (Lipinski definition) is 1. The lowest BCUT2D eigenvalue weighted by Crippen LogP contribution is -2.47. The third kappa shape index (κ3) is 3.95. The van der Waals surface area contributed by atoms with Crippen LogP contribution in [0.2, 0.25) is 0 Å². The molecule has 0 aliphatic carbocycles. The molecule has 2 rings (SSSR count). The first kappa shape index (κ1) is 13.8. The van der Waals surface area contributed by atoms with Gasteiger partial charge in [0.15, 0.2) is 0 Å². The molecule has 0 saturated carbocycles. The van der Waals surface area contributed by atoms with Crippen molar-refractivity contribution in [3.05, 3.63) is 0 Å². The number of ether oxygens (including phenoxy) is 1. The van der Waals surface area contributed by atoms with Crippen LogP contribution in [0, 0.1) is 0 Å². The Labute approximate surface area is 110 Å². The summed E-state index contributed by atoms with van der Waals surface area (Å²) in [6, 6.07) is 0. The van der Waals surface area contributed by atoms with E-state index in [0.717, 1.165) is 51.9 Å². The van der Waals surface area contributed by atoms with Crippen molar-refractivity contribution in [3.63, 3.8) is 0 Å². The molecule has 0 bridgehead atoms. The topological polar surface area (TPSA) is 41.6 Å². The molecule has 2 fully saturated rings. The van der Waals surface area contributed by atoms with E-state index in [4.69, 9.17) is 4.74 Å². The molecule has 1 atom stereocenters. The lowest BCUT2D eigenvalue weighted by Gasteiger charge is -2.34. The number of carbonyl (C=O) groups is 1. The van der Waals surface area contributed by atoms with Crippen LogP contribution in [-0.4, -0.2) is 49.2 Å². The molecule has 0 spiro atoms. The third-order valence-corrected chi connectivity index (χ3v) is 4.06. The molecule has 0 aromatic carbocycles. The lowest BCUT2D eigenvalue weighted by molar-refractivity contribution is -0.143. The first-order valence-electron chi connectivity index (χ1n) is 7.32. The van der Waals surface area contributed by atoms with Crippen LogP contribution in [0.1, 0.15) is 45.4 Å². The van der Waals surface area contributed by atoms with E-state index in [0.29, 0.717) is 0 Å². The summed E-state index contributed by atoms with van der Waals surface area (Å²) in [6.07, 6.45) is 6.98. The standard InChI is InChI=1S/C14H26N2O2/c1-14(7-6-8-15-12-14)18-11-13(17)16-9-4-2-3-5-10-16/h15H,2-12H2,1H3. The van der Waals surface area contributed by atoms with Crippen molar-refractivity contribution in [2.24, 2.45) is 0 Å². The SMILES string of the molecule is CC1(OCC(=O)N2CCCCCC2)CCCNC1. The summed E-state index contributed by atoms with van der Waals surface area (Å²) in [5, 5.41) is 3.34. The summed E-state index contributed by atoms with van der Waals surface area (Å²) in [4.78, 5) is 14.1. The van der Waals surface area contributed by atoms with Gasteiger partial charge in [0.25, 0.3) is 0 Å². The zero-order valence-corrected chi connectivity index (χ0v) is 11.5. The highest BCUT2D eigenvalue weighted by atomic mass is 16.5. The van der Waals surface area contributed by atoms with Gasteiger partial charge in [0.2, 0.25) is 5.91 Å². The molecule has 18 heavy (non-hydrogen) atoms. The summed E-state index contributed by atoms with van der Waals surface area (Å²) in [5.74, 6) is 0.170. The van der Waals surface area contributed by atoms with Crippen molar-refractivity contribution in [1.29, 1.82) is 0 Å². The molecular formula is C14H26N2O2. The van der Waals surface area contributed by atoms with Crippen molar-refractivity contribution in [3.8, 4) is 0 Å². The summed E-state index contributed by atoms with van der Waals surface area (Å²) >= 11 is 0. The van der Waals surface area contributed by atoms with Crippen molar-refractivity contribution in [2.45, 2.75) is 51.0 Å². The number of nitrogens with one attached hydrogen (secondary N) is 1. The molecule has 4 heteroatoms. The van der Waals surface area contributed by atoms with E-state index in [9.17, 15) is 4.79 Å². The van der Waals surface area contributed by atoms with Gasteiger partial charge in [-0.05, 0) is 39.2 Å². The second-order valence-electron chi connectivity index (χ2n) is 5.81. The molecular weight excluding hydrogens is 228 g/mol. The third-order valence-electron chi connectivity index (χ3n) is 4.06. The summed E-state index contributed by atoms with van der Waals surface area (Å²) in [6.45, 7) is 6.11. The largest absolute Gasteiger partial charge is 0.364 e. The van der Waals surface area contributed by atoms with Crippen LogP contribution in [0.15, 0.2) is 0 Å². The maximum atomic E-state index is 12.1. The van der Waals surface area contributed by atoms with Crippen LogP contribution in [0.3, 0.4) is 0 Å². The van der Waals surface area contributed by atoms with E-state index in [1.54, 1.807) is 0 Å². The molecule has 1 amide bonds. The molecule has 2 aliphatic heterocycles. The van der Waals surface area contributed by atoms with Crippen molar-refractivity contribution in [1.82, 2.24) is 10.2 Å². The smallest absolute Gasteiger partial charge is 0.248 e. The van der Waals surface area contributed by atoms with Gasteiger partial charge in [-0.3, -0.25) is 4.79 Å². The van der Waals surface area contributed by atoms with Crippen LogP contribution in [0.5, 0.6) is 0 Å². The number of hydrogen-bond acceptors (Lipinski definition) is 3. The first-order chi connectivity index (χ1) is 8.70. The van der Waals surface area contributed by atoms with E-state index in [2.05, 4.69) is 12.2 Å². The average Bonchev–Trinajstić information content (AvgIpc) is 2.66. The number of likely N-dealkylation sites (tertiary alicyclic amines) is 1. The van der Waals surface area contributed by atoms with Gasteiger partial charge in [-0.15, -0.1) is 0 Å². The summed E-state index contributed by atoms with van der Waals surface area (Å²) in [7, 11) is 0. The Bertz CT molecular complexity index is 267. The highest BCUT2D eigenvalue weighted by molar-refractivity contribution is 5.77. The number of piperidine rings is 1. The van der Waals surface area contributed by atoms with Crippen LogP contribution < -0.4 is 5.32 Å². The Balaban J connectivity index is 1.76. The van der Waals surface area contributed by atoms with Crippen molar-refractivity contribution >= 4 is 5.91 Å². The Kier molecular flexibility index (Phi) is 5.01. The Morgan fingerprint density at radius 3 is 2.56 bits per heavy atom. The van der Waals surface area contributed by atoms with Gasteiger partial charge < -0.3 is 15.0 Å². The van der Waals surface area contributed by atoms with Gasteiger partial charge in [0, 0.05) is 19.6 Å². The fraction of sp³-hybridized carbons (Fsp3) is 0.929. The predicted octanol–water partition coefficient (Wildman–Crippen LogP) is 1.55. The van der Waals surface area contributed by atoms with Crippen LogP contribution in [-0.2, 0) is 9.53 Å². The highest BCUT2D eigenvalue weighted by Crippen LogP contribution is 2.20. The second kappa shape index (κ2) is 6.53. The van der Waals surface area contributed by atoms with Gasteiger partial charge >= 0.3 is 0 Å². The second-order valence-corrected chi connectivity index (χ2v) is 5.81. The minimum atomic E-state index is -0.153. The molecule has 104 valence electrons. The molecule has 2 aliphatic rings. The lowest BCUT2D eigenvalue weighted by atomic mass is 9.96. The maximum absolute atomic E-state index is 12.1. The van der Waals surface area contributed by atoms with Gasteiger partial charge in [0.05, 0.1) is 5.60 Å². The fourth-order valence-electron chi connectivity index (χ4n) is 2.80. The number of carbonyl (C=O) groups excluding carboxylic acids is 1. The van der Waals surface area contributed by atoms with Crippen molar-refractivity contribution in [2.75, 3.05) is 32.8 Å². The number of amides is 1. The van der Waals surface area contributed by atoms with Gasteiger partial charge in [-0.2, -0.15) is 0 Å². The number of nitrogens with zero attached hydrogens (tertiary/aromatic N) is 1. The van der Waals surface area contributed by atoms with E-state index in [1.807, 2.05) is 4.90 Å². The van der Waals surface area contributed by atoms with E-state index in [-0.39, 0.29) is 18.1 Å². The zero-order valence-electron chi connectivity index (χ0n) is 11.5. The molecule has 0 aromatic rings.